The van der Waals surface area contributed by atoms with E-state index in [1.54, 1.807) is 33.8 Å². The molecule has 1 aromatic rings. The van der Waals surface area contributed by atoms with E-state index in [4.69, 9.17) is 11.5 Å². The van der Waals surface area contributed by atoms with Gasteiger partial charge in [-0.1, -0.05) is 0 Å². The second-order valence-electron chi connectivity index (χ2n) is 5.24. The lowest BCUT2D eigenvalue weighted by Crippen LogP contribution is -2.69. The van der Waals surface area contributed by atoms with Gasteiger partial charge in [0.25, 0.3) is 5.91 Å². The molecule has 1 saturated heterocycles. The molecule has 3 heterocycles. The molecule has 0 radical (unpaired) electrons. The number of aromatic nitrogens is 1. The minimum absolute atomic E-state index is 0.0511. The molecule has 2 aliphatic rings. The van der Waals surface area contributed by atoms with Crippen LogP contribution in [-0.2, 0) is 9.59 Å². The Hall–Kier alpha value is -1.23. The van der Waals surface area contributed by atoms with Gasteiger partial charge < -0.3 is 21.7 Å². The SMILES string of the molecule is CSCC1=CN2C(=O)C(NC(=O)C(N)c3csc(N)n3)[C@@H]2SC1. The summed E-state index contributed by atoms with van der Waals surface area (Å²) < 4.78 is 0. The Bertz CT molecular complexity index is 662. The first kappa shape index (κ1) is 16.6. The highest BCUT2D eigenvalue weighted by Crippen LogP contribution is 2.36. The number of fused-ring (bicyclic) bond motifs is 1. The number of nitrogens with two attached hydrogens (primary N) is 2. The van der Waals surface area contributed by atoms with Crippen molar-refractivity contribution in [3.8, 4) is 0 Å². The first-order valence-corrected chi connectivity index (χ1v) is 10.2. The third-order valence-electron chi connectivity index (χ3n) is 3.61. The molecule has 0 saturated carbocycles. The number of carbonyl (C=O) groups is 2. The van der Waals surface area contributed by atoms with Crippen LogP contribution in [-0.4, -0.2) is 50.9 Å². The van der Waals surface area contributed by atoms with E-state index < -0.39 is 18.0 Å². The molecule has 2 aliphatic heterocycles. The third-order valence-corrected chi connectivity index (χ3v) is 6.34. The van der Waals surface area contributed by atoms with Crippen molar-refractivity contribution in [2.45, 2.75) is 17.5 Å². The molecular formula is C13H17N5O2S3. The quantitative estimate of drug-likeness (QED) is 0.641. The molecule has 1 fully saturated rings. The Morgan fingerprint density at radius 3 is 3.09 bits per heavy atom. The van der Waals surface area contributed by atoms with Crippen LogP contribution in [0.4, 0.5) is 5.13 Å². The lowest BCUT2D eigenvalue weighted by Gasteiger charge is -2.47. The molecule has 1 aromatic heterocycles. The minimum Gasteiger partial charge on any atom is -0.375 e. The lowest BCUT2D eigenvalue weighted by atomic mass is 10.1. The van der Waals surface area contributed by atoms with Crippen molar-refractivity contribution >= 4 is 51.8 Å². The van der Waals surface area contributed by atoms with Crippen molar-refractivity contribution in [2.24, 2.45) is 5.73 Å². The van der Waals surface area contributed by atoms with Crippen molar-refractivity contribution in [1.29, 1.82) is 0 Å². The fraction of sp³-hybridized carbons (Fsp3) is 0.462. The van der Waals surface area contributed by atoms with Crippen LogP contribution >= 0.6 is 34.9 Å². The van der Waals surface area contributed by atoms with Crippen LogP contribution in [0.2, 0.25) is 0 Å². The number of nitrogens with zero attached hydrogens (tertiary/aromatic N) is 2. The molecule has 2 amide bonds. The van der Waals surface area contributed by atoms with Gasteiger partial charge >= 0.3 is 0 Å². The van der Waals surface area contributed by atoms with Crippen LogP contribution in [0.1, 0.15) is 11.7 Å². The summed E-state index contributed by atoms with van der Waals surface area (Å²) in [5, 5.41) is 4.70. The molecule has 7 nitrogen and oxygen atoms in total. The first-order valence-electron chi connectivity index (χ1n) is 6.90. The second-order valence-corrected chi connectivity index (χ2v) is 8.10. The minimum atomic E-state index is -0.915. The van der Waals surface area contributed by atoms with E-state index in [9.17, 15) is 9.59 Å². The molecule has 3 atom stereocenters. The van der Waals surface area contributed by atoms with Gasteiger partial charge in [0.2, 0.25) is 5.91 Å². The maximum atomic E-state index is 12.2. The number of β-lactam (4-membered cyclic amide) rings is 1. The van der Waals surface area contributed by atoms with Crippen molar-refractivity contribution < 1.29 is 9.59 Å². The molecule has 10 heteroatoms. The van der Waals surface area contributed by atoms with Gasteiger partial charge in [-0.05, 0) is 11.8 Å². The summed E-state index contributed by atoms with van der Waals surface area (Å²) in [6.07, 6.45) is 3.94. The summed E-state index contributed by atoms with van der Waals surface area (Å²) in [4.78, 5) is 30.2. The number of thiazole rings is 1. The predicted molar refractivity (Wildman–Crippen MR) is 94.9 cm³/mol. The molecule has 0 aromatic carbocycles. The van der Waals surface area contributed by atoms with Gasteiger partial charge in [-0.3, -0.25) is 9.59 Å². The molecule has 2 unspecified atom stereocenters. The number of thioether (sulfide) groups is 2. The van der Waals surface area contributed by atoms with Crippen LogP contribution in [0.3, 0.4) is 0 Å². The molecule has 5 N–H and O–H groups in total. The van der Waals surface area contributed by atoms with Crippen molar-refractivity contribution in [2.75, 3.05) is 23.5 Å². The number of amides is 2. The fourth-order valence-electron chi connectivity index (χ4n) is 2.44. The zero-order valence-electron chi connectivity index (χ0n) is 12.4. The Kier molecular flexibility index (Phi) is 4.85. The summed E-state index contributed by atoms with van der Waals surface area (Å²) in [6, 6.07) is -1.44. The molecule has 0 spiro atoms. The van der Waals surface area contributed by atoms with Crippen LogP contribution in [0.5, 0.6) is 0 Å². The summed E-state index contributed by atoms with van der Waals surface area (Å²) in [5.41, 5.74) is 13.1. The second kappa shape index (κ2) is 6.71. The van der Waals surface area contributed by atoms with Crippen molar-refractivity contribution in [1.82, 2.24) is 15.2 Å². The van der Waals surface area contributed by atoms with Gasteiger partial charge in [0.05, 0.1) is 5.69 Å². The van der Waals surface area contributed by atoms with Gasteiger partial charge in [-0.25, -0.2) is 4.98 Å². The van der Waals surface area contributed by atoms with Crippen LogP contribution in [0, 0.1) is 0 Å². The Labute approximate surface area is 146 Å². The van der Waals surface area contributed by atoms with E-state index in [0.29, 0.717) is 10.8 Å². The normalized spacial score (nSPS) is 24.5. The van der Waals surface area contributed by atoms with E-state index in [-0.39, 0.29) is 11.3 Å². The highest BCUT2D eigenvalue weighted by Gasteiger charge is 2.49. The Morgan fingerprint density at radius 2 is 2.43 bits per heavy atom. The van der Waals surface area contributed by atoms with E-state index in [1.165, 1.54) is 16.9 Å². The Balaban J connectivity index is 1.62. The number of hydrogen-bond acceptors (Lipinski definition) is 8. The van der Waals surface area contributed by atoms with Gasteiger partial charge in [0, 0.05) is 23.1 Å². The lowest BCUT2D eigenvalue weighted by molar-refractivity contribution is -0.145. The average Bonchev–Trinajstić information content (AvgIpc) is 2.98. The van der Waals surface area contributed by atoms with Crippen LogP contribution in [0.15, 0.2) is 17.2 Å². The standard InChI is InChI=1S/C13H17N5O2S3/c1-21-3-6-2-18-11(20)9(12(18)22-4-6)17-10(19)8(14)7-5-23-13(15)16-7/h2,5,8-9,12H,3-4,14H2,1H3,(H2,15,16)(H,17,19)/t8?,9?,12-/m0/s1. The average molecular weight is 372 g/mol. The van der Waals surface area contributed by atoms with Crippen molar-refractivity contribution in [3.63, 3.8) is 0 Å². The number of nitrogen functional groups attached to an aromatic ring is 1. The summed E-state index contributed by atoms with van der Waals surface area (Å²) in [7, 11) is 0. The van der Waals surface area contributed by atoms with Gasteiger partial charge in [0.1, 0.15) is 17.5 Å². The molecule has 0 bridgehead atoms. The van der Waals surface area contributed by atoms with E-state index in [2.05, 4.69) is 10.3 Å². The monoisotopic (exact) mass is 371 g/mol. The third kappa shape index (κ3) is 3.21. The summed E-state index contributed by atoms with van der Waals surface area (Å²) in [6.45, 7) is 0. The zero-order valence-corrected chi connectivity index (χ0v) is 14.8. The van der Waals surface area contributed by atoms with Gasteiger partial charge in [-0.15, -0.1) is 23.1 Å². The predicted octanol–water partition coefficient (Wildman–Crippen LogP) is 0.372. The Morgan fingerprint density at radius 1 is 1.65 bits per heavy atom. The highest BCUT2D eigenvalue weighted by molar-refractivity contribution is 8.00. The topological polar surface area (TPSA) is 114 Å². The van der Waals surface area contributed by atoms with Crippen LogP contribution in [0.25, 0.3) is 0 Å². The molecular weight excluding hydrogens is 354 g/mol. The maximum absolute atomic E-state index is 12.2. The number of anilines is 1. The maximum Gasteiger partial charge on any atom is 0.253 e. The molecule has 3 rings (SSSR count). The number of rotatable bonds is 5. The van der Waals surface area contributed by atoms with E-state index >= 15 is 0 Å². The molecule has 0 aliphatic carbocycles. The number of hydrogen-bond donors (Lipinski definition) is 3. The molecule has 23 heavy (non-hydrogen) atoms. The van der Waals surface area contributed by atoms with Gasteiger partial charge in [-0.2, -0.15) is 11.8 Å². The van der Waals surface area contributed by atoms with Gasteiger partial charge in [0.15, 0.2) is 5.13 Å². The first-order chi connectivity index (χ1) is 11.0. The fourth-order valence-corrected chi connectivity index (χ4v) is 4.98. The highest BCUT2D eigenvalue weighted by atomic mass is 32.2. The van der Waals surface area contributed by atoms with E-state index in [1.807, 2.05) is 12.5 Å². The largest absolute Gasteiger partial charge is 0.375 e. The zero-order chi connectivity index (χ0) is 16.6. The summed E-state index contributed by atoms with van der Waals surface area (Å²) in [5.74, 6) is 1.28. The van der Waals surface area contributed by atoms with Crippen LogP contribution < -0.4 is 16.8 Å². The van der Waals surface area contributed by atoms with E-state index in [0.717, 1.165) is 11.5 Å². The molecule has 124 valence electrons. The number of carbonyl (C=O) groups excluding carboxylic acids is 2. The number of nitrogens with one attached hydrogen (secondary N) is 1. The smallest absolute Gasteiger partial charge is 0.253 e. The van der Waals surface area contributed by atoms with Crippen molar-refractivity contribution in [3.05, 3.63) is 22.8 Å². The summed E-state index contributed by atoms with van der Waals surface area (Å²) >= 11 is 4.62.